The van der Waals surface area contributed by atoms with Crippen LogP contribution in [0.4, 0.5) is 0 Å². The van der Waals surface area contributed by atoms with Crippen LogP contribution in [0.15, 0.2) is 54.6 Å². The van der Waals surface area contributed by atoms with Crippen molar-refractivity contribution in [2.24, 2.45) is 0 Å². The van der Waals surface area contributed by atoms with E-state index in [1.807, 2.05) is 54.6 Å². The fourth-order valence-corrected chi connectivity index (χ4v) is 6.62. The smallest absolute Gasteiger partial charge is 0.351 e. The highest BCUT2D eigenvalue weighted by Gasteiger charge is 2.43. The monoisotopic (exact) mass is 442 g/mol. The van der Waals surface area contributed by atoms with Crippen LogP contribution in [0.2, 0.25) is 0 Å². The number of hydrogen-bond acceptors (Lipinski definition) is 6. The lowest BCUT2D eigenvalue weighted by Crippen LogP contribution is -2.23. The molecule has 0 radical (unpaired) electrons. The van der Waals surface area contributed by atoms with Crippen molar-refractivity contribution in [1.29, 1.82) is 0 Å². The molecule has 0 saturated carbocycles. The normalized spacial score (nSPS) is 13.2. The van der Waals surface area contributed by atoms with E-state index in [1.165, 1.54) is 0 Å². The summed E-state index contributed by atoms with van der Waals surface area (Å²) in [6.07, 6.45) is 0.877. The summed E-state index contributed by atoms with van der Waals surface area (Å²) in [5, 5.41) is 0. The van der Waals surface area contributed by atoms with Gasteiger partial charge in [-0.1, -0.05) is 30.3 Å². The Bertz CT molecular complexity index is 888. The molecule has 7 nitrogen and oxygen atoms in total. The second-order valence-corrected chi connectivity index (χ2v) is 10.5. The van der Waals surface area contributed by atoms with Gasteiger partial charge in [-0.25, -0.2) is 0 Å². The van der Waals surface area contributed by atoms with Crippen molar-refractivity contribution in [3.8, 4) is 11.5 Å². The Morgan fingerprint density at radius 2 is 1.48 bits per heavy atom. The van der Waals surface area contributed by atoms with Gasteiger partial charge in [0.05, 0.1) is 13.2 Å². The van der Waals surface area contributed by atoms with Gasteiger partial charge >= 0.3 is 7.60 Å². The fraction of sp³-hybridized carbons (Fsp3) is 0.400. The molecule has 0 aliphatic heterocycles. The van der Waals surface area contributed by atoms with Crippen molar-refractivity contribution in [3.63, 3.8) is 0 Å². The number of aryl methyl sites for hydroxylation is 1. The molecule has 0 unspecified atom stereocenters. The maximum absolute atomic E-state index is 12.8. The van der Waals surface area contributed by atoms with Crippen LogP contribution in [0.5, 0.6) is 11.5 Å². The number of ether oxygens (including phenoxy) is 1. The fourth-order valence-electron chi connectivity index (χ4n) is 2.86. The lowest BCUT2D eigenvalue weighted by molar-refractivity contribution is 0.215. The Morgan fingerprint density at radius 1 is 0.931 bits per heavy atom. The van der Waals surface area contributed by atoms with Crippen molar-refractivity contribution < 1.29 is 31.3 Å². The molecule has 0 fully saturated rings. The van der Waals surface area contributed by atoms with E-state index in [-0.39, 0.29) is 19.6 Å². The van der Waals surface area contributed by atoms with Crippen LogP contribution < -0.4 is 4.74 Å². The molecular weight excluding hydrogens is 415 g/mol. The zero-order chi connectivity index (χ0) is 21.3. The summed E-state index contributed by atoms with van der Waals surface area (Å²) in [6, 6.07) is 16.8. The van der Waals surface area contributed by atoms with Gasteiger partial charge in [-0.2, -0.15) is 8.42 Å². The van der Waals surface area contributed by atoms with E-state index < -0.39 is 22.7 Å². The zero-order valence-corrected chi connectivity index (χ0v) is 18.3. The van der Waals surface area contributed by atoms with Crippen LogP contribution in [0, 0.1) is 0 Å². The first-order chi connectivity index (χ1) is 13.8. The highest BCUT2D eigenvalue weighted by atomic mass is 32.2. The molecule has 2 aromatic rings. The third-order valence-corrected chi connectivity index (χ3v) is 8.83. The Hall–Kier alpha value is -1.70. The van der Waals surface area contributed by atoms with E-state index in [1.54, 1.807) is 13.8 Å². The molecule has 2 rings (SSSR count). The van der Waals surface area contributed by atoms with Crippen molar-refractivity contribution in [3.05, 3.63) is 60.2 Å². The van der Waals surface area contributed by atoms with Gasteiger partial charge in [0.1, 0.15) is 11.5 Å². The minimum atomic E-state index is -4.60. The van der Waals surface area contributed by atoms with Crippen LogP contribution in [0.3, 0.4) is 0 Å². The summed E-state index contributed by atoms with van der Waals surface area (Å²) < 4.78 is 61.9. The van der Waals surface area contributed by atoms with E-state index in [2.05, 4.69) is 0 Å². The lowest BCUT2D eigenvalue weighted by atomic mass is 10.1. The molecule has 0 aliphatic carbocycles. The van der Waals surface area contributed by atoms with Crippen molar-refractivity contribution in [2.45, 2.75) is 38.1 Å². The van der Waals surface area contributed by atoms with Gasteiger partial charge < -0.3 is 13.8 Å². The van der Waals surface area contributed by atoms with Gasteiger partial charge in [0.2, 0.25) is 0 Å². The highest BCUT2D eigenvalue weighted by Crippen LogP contribution is 2.56. The SMILES string of the molecule is CCOP(=O)(OCC)[C@H](CCCc1ccc(Oc2ccccc2)cc1)S(=O)(=O)O. The van der Waals surface area contributed by atoms with Crippen LogP contribution in [0.25, 0.3) is 0 Å². The maximum Gasteiger partial charge on any atom is 0.351 e. The summed E-state index contributed by atoms with van der Waals surface area (Å²) in [6.45, 7) is 3.22. The third-order valence-electron chi connectivity index (χ3n) is 4.13. The Balaban J connectivity index is 1.99. The Morgan fingerprint density at radius 3 is 2.00 bits per heavy atom. The van der Waals surface area contributed by atoms with Gasteiger partial charge in [0, 0.05) is 0 Å². The molecule has 0 aliphatic rings. The van der Waals surface area contributed by atoms with Gasteiger partial charge in [-0.05, 0) is 62.9 Å². The second kappa shape index (κ2) is 10.9. The summed E-state index contributed by atoms with van der Waals surface area (Å²) in [7, 11) is -8.57. The molecule has 1 N–H and O–H groups in total. The first-order valence-electron chi connectivity index (χ1n) is 9.45. The zero-order valence-electron chi connectivity index (χ0n) is 16.6. The number of benzene rings is 2. The van der Waals surface area contributed by atoms with E-state index in [4.69, 9.17) is 13.8 Å². The molecule has 9 heteroatoms. The molecule has 0 spiro atoms. The molecule has 0 heterocycles. The van der Waals surface area contributed by atoms with Crippen LogP contribution >= 0.6 is 7.60 Å². The highest BCUT2D eigenvalue weighted by molar-refractivity contribution is 7.94. The second-order valence-electron chi connectivity index (χ2n) is 6.30. The van der Waals surface area contributed by atoms with E-state index in [0.717, 1.165) is 11.3 Å². The predicted molar refractivity (Wildman–Crippen MR) is 112 cm³/mol. The van der Waals surface area contributed by atoms with Crippen LogP contribution in [0.1, 0.15) is 32.3 Å². The Labute approximate surface area is 172 Å². The number of rotatable bonds is 12. The molecule has 29 heavy (non-hydrogen) atoms. The van der Waals surface area contributed by atoms with Crippen molar-refractivity contribution in [2.75, 3.05) is 13.2 Å². The lowest BCUT2D eigenvalue weighted by Gasteiger charge is -2.24. The summed E-state index contributed by atoms with van der Waals surface area (Å²) in [5.41, 5.74) is 0.960. The summed E-state index contributed by atoms with van der Waals surface area (Å²) in [4.78, 5) is -1.60. The molecule has 0 aromatic heterocycles. The average Bonchev–Trinajstić information content (AvgIpc) is 2.66. The van der Waals surface area contributed by atoms with Crippen LogP contribution in [-0.4, -0.2) is 31.2 Å². The minimum absolute atomic E-state index is 0.0200. The molecule has 2 aromatic carbocycles. The summed E-state index contributed by atoms with van der Waals surface area (Å²) >= 11 is 0. The van der Waals surface area contributed by atoms with E-state index in [0.29, 0.717) is 18.6 Å². The first kappa shape index (κ1) is 23.6. The standard InChI is InChI=1S/C20H27O7PS/c1-3-25-28(21,26-4-2)20(29(22,23)24)12-8-9-17-13-15-19(16-14-17)27-18-10-6-5-7-11-18/h5-7,10-11,13-16,20H,3-4,8-9,12H2,1-2H3,(H,22,23,24)/t20-/m0/s1. The largest absolute Gasteiger partial charge is 0.457 e. The average molecular weight is 442 g/mol. The van der Waals surface area contributed by atoms with Gasteiger partial charge in [0.25, 0.3) is 10.1 Å². The van der Waals surface area contributed by atoms with Gasteiger partial charge in [-0.15, -0.1) is 0 Å². The molecule has 0 saturated heterocycles. The van der Waals surface area contributed by atoms with Crippen molar-refractivity contribution in [1.82, 2.24) is 0 Å². The Kier molecular flexibility index (Phi) is 8.86. The van der Waals surface area contributed by atoms with Gasteiger partial charge in [-0.3, -0.25) is 9.12 Å². The molecule has 0 bridgehead atoms. The van der Waals surface area contributed by atoms with Crippen molar-refractivity contribution >= 4 is 17.7 Å². The number of para-hydroxylation sites is 1. The van der Waals surface area contributed by atoms with Crippen LogP contribution in [-0.2, 0) is 30.2 Å². The molecule has 1 atom stereocenters. The maximum atomic E-state index is 12.8. The van der Waals surface area contributed by atoms with E-state index >= 15 is 0 Å². The number of hydrogen-bond donors (Lipinski definition) is 1. The van der Waals surface area contributed by atoms with E-state index in [9.17, 15) is 17.5 Å². The quantitative estimate of drug-likeness (QED) is 0.353. The minimum Gasteiger partial charge on any atom is -0.457 e. The third kappa shape index (κ3) is 7.24. The first-order valence-corrected chi connectivity index (χ1v) is 12.6. The molecule has 0 amide bonds. The topological polar surface area (TPSA) is 99.1 Å². The summed E-state index contributed by atoms with van der Waals surface area (Å²) in [5.74, 6) is 1.42. The van der Waals surface area contributed by atoms with Gasteiger partial charge in [0.15, 0.2) is 4.99 Å². The molecule has 160 valence electrons. The molecular formula is C20H27O7PS. The predicted octanol–water partition coefficient (Wildman–Crippen LogP) is 5.28.